The zero-order valence-electron chi connectivity index (χ0n) is 11.9. The van der Waals surface area contributed by atoms with Crippen molar-refractivity contribution in [2.45, 2.75) is 6.92 Å². The first-order chi connectivity index (χ1) is 10.5. The second-order valence-electron chi connectivity index (χ2n) is 4.87. The number of nitrogens with zero attached hydrogens (tertiary/aromatic N) is 3. The summed E-state index contributed by atoms with van der Waals surface area (Å²) in [5.41, 5.74) is 15.1. The molecule has 0 aliphatic heterocycles. The molecule has 0 spiro atoms. The average molecular weight is 295 g/mol. The number of rotatable bonds is 2. The van der Waals surface area contributed by atoms with E-state index < -0.39 is 0 Å². The molecule has 0 radical (unpaired) electrons. The van der Waals surface area contributed by atoms with E-state index in [1.807, 2.05) is 13.0 Å². The van der Waals surface area contributed by atoms with Crippen molar-refractivity contribution >= 4 is 11.8 Å². The Bertz CT molecular complexity index is 813. The minimum absolute atomic E-state index is 0.170. The Labute approximate surface area is 126 Å². The van der Waals surface area contributed by atoms with Crippen molar-refractivity contribution in [1.29, 1.82) is 0 Å². The lowest BCUT2D eigenvalue weighted by molar-refractivity contribution is 0.628. The highest BCUT2D eigenvalue weighted by Crippen LogP contribution is 2.33. The zero-order valence-corrected chi connectivity index (χ0v) is 11.9. The molecule has 0 fully saturated rings. The molecule has 0 aliphatic rings. The van der Waals surface area contributed by atoms with Gasteiger partial charge >= 0.3 is 0 Å². The van der Waals surface area contributed by atoms with Crippen LogP contribution in [0.25, 0.3) is 22.4 Å². The Balaban J connectivity index is 2.24. The van der Waals surface area contributed by atoms with Crippen molar-refractivity contribution < 1.29 is 4.39 Å². The van der Waals surface area contributed by atoms with E-state index in [-0.39, 0.29) is 11.8 Å². The van der Waals surface area contributed by atoms with Crippen LogP contribution >= 0.6 is 0 Å². The summed E-state index contributed by atoms with van der Waals surface area (Å²) in [4.78, 5) is 12.6. The van der Waals surface area contributed by atoms with Crippen LogP contribution in [0.4, 0.5) is 16.2 Å². The summed E-state index contributed by atoms with van der Waals surface area (Å²) in [6, 6.07) is 9.63. The molecule has 1 aromatic carbocycles. The van der Waals surface area contributed by atoms with E-state index in [1.165, 1.54) is 12.1 Å². The van der Waals surface area contributed by atoms with Gasteiger partial charge in [-0.15, -0.1) is 0 Å². The predicted octanol–water partition coefficient (Wildman–Crippen LogP) is 2.82. The Hall–Kier alpha value is -3.02. The van der Waals surface area contributed by atoms with Crippen LogP contribution < -0.4 is 11.5 Å². The summed E-state index contributed by atoms with van der Waals surface area (Å²) in [7, 11) is 0. The van der Waals surface area contributed by atoms with E-state index in [9.17, 15) is 4.39 Å². The van der Waals surface area contributed by atoms with E-state index in [0.717, 1.165) is 22.4 Å². The maximum Gasteiger partial charge on any atom is 0.220 e. The van der Waals surface area contributed by atoms with Crippen LogP contribution in [0.3, 0.4) is 0 Å². The number of nitrogen functional groups attached to an aromatic ring is 2. The van der Waals surface area contributed by atoms with Crippen molar-refractivity contribution in [3.63, 3.8) is 0 Å². The van der Waals surface area contributed by atoms with Crippen molar-refractivity contribution in [1.82, 2.24) is 15.0 Å². The average Bonchev–Trinajstić information content (AvgIpc) is 2.49. The van der Waals surface area contributed by atoms with Crippen LogP contribution in [0.5, 0.6) is 0 Å². The highest BCUT2D eigenvalue weighted by molar-refractivity contribution is 5.82. The van der Waals surface area contributed by atoms with Gasteiger partial charge in [0.25, 0.3) is 0 Å². The topological polar surface area (TPSA) is 90.7 Å². The zero-order chi connectivity index (χ0) is 15.7. The van der Waals surface area contributed by atoms with E-state index >= 15 is 0 Å². The Morgan fingerprint density at radius 3 is 2.23 bits per heavy atom. The summed E-state index contributed by atoms with van der Waals surface area (Å²) in [6.45, 7) is 1.84. The van der Waals surface area contributed by atoms with Gasteiger partial charge in [0.15, 0.2) is 0 Å². The highest BCUT2D eigenvalue weighted by Gasteiger charge is 2.15. The molecule has 2 aromatic heterocycles. The fraction of sp³-hybridized carbons (Fsp3) is 0.0625. The molecule has 3 rings (SSSR count). The molecule has 0 amide bonds. The molecule has 3 aromatic rings. The Morgan fingerprint density at radius 1 is 0.909 bits per heavy atom. The first-order valence-corrected chi connectivity index (χ1v) is 6.66. The van der Waals surface area contributed by atoms with Crippen molar-refractivity contribution in [3.8, 4) is 22.4 Å². The standard InChI is InChI=1S/C16H14FN5/c1-9-14(11-4-7-13(18)20-8-11)15(22-16(19)21-9)10-2-5-12(17)6-3-10/h2-8H,1H3,(H2,18,20)(H2,19,21,22). The number of nitrogens with two attached hydrogens (primary N) is 2. The fourth-order valence-electron chi connectivity index (χ4n) is 2.31. The Kier molecular flexibility index (Phi) is 3.42. The van der Waals surface area contributed by atoms with Gasteiger partial charge < -0.3 is 11.5 Å². The molecule has 4 N–H and O–H groups in total. The summed E-state index contributed by atoms with van der Waals surface area (Å²) >= 11 is 0. The molecule has 0 unspecified atom stereocenters. The normalized spacial score (nSPS) is 10.6. The molecular formula is C16H14FN5. The minimum atomic E-state index is -0.307. The number of pyridine rings is 1. The number of hydrogen-bond donors (Lipinski definition) is 2. The minimum Gasteiger partial charge on any atom is -0.384 e. The molecular weight excluding hydrogens is 281 g/mol. The molecule has 0 atom stereocenters. The van der Waals surface area contributed by atoms with Crippen molar-refractivity contribution in [2.24, 2.45) is 0 Å². The maximum absolute atomic E-state index is 13.1. The molecule has 0 bridgehead atoms. The van der Waals surface area contributed by atoms with Gasteiger partial charge in [-0.1, -0.05) is 0 Å². The second-order valence-corrected chi connectivity index (χ2v) is 4.87. The molecule has 6 heteroatoms. The fourth-order valence-corrected chi connectivity index (χ4v) is 2.31. The molecule has 110 valence electrons. The lowest BCUT2D eigenvalue weighted by Crippen LogP contribution is -2.03. The van der Waals surface area contributed by atoms with Gasteiger partial charge in [0, 0.05) is 22.9 Å². The molecule has 0 saturated heterocycles. The van der Waals surface area contributed by atoms with Gasteiger partial charge in [-0.05, 0) is 43.3 Å². The van der Waals surface area contributed by atoms with Crippen LogP contribution in [0.15, 0.2) is 42.6 Å². The lowest BCUT2D eigenvalue weighted by Gasteiger charge is -2.12. The molecule has 0 aliphatic carbocycles. The highest BCUT2D eigenvalue weighted by atomic mass is 19.1. The summed E-state index contributed by atoms with van der Waals surface area (Å²) in [6.07, 6.45) is 1.66. The first-order valence-electron chi connectivity index (χ1n) is 6.66. The smallest absolute Gasteiger partial charge is 0.220 e. The molecule has 2 heterocycles. The van der Waals surface area contributed by atoms with E-state index in [4.69, 9.17) is 11.5 Å². The van der Waals surface area contributed by atoms with Gasteiger partial charge in [-0.2, -0.15) is 0 Å². The van der Waals surface area contributed by atoms with E-state index in [1.54, 1.807) is 24.4 Å². The number of halogens is 1. The number of aryl methyl sites for hydroxylation is 1. The van der Waals surface area contributed by atoms with Gasteiger partial charge in [0.2, 0.25) is 5.95 Å². The van der Waals surface area contributed by atoms with Crippen LogP contribution in [0.1, 0.15) is 5.69 Å². The van der Waals surface area contributed by atoms with Gasteiger partial charge in [0.05, 0.1) is 11.4 Å². The van der Waals surface area contributed by atoms with Gasteiger partial charge in [-0.25, -0.2) is 19.3 Å². The lowest BCUT2D eigenvalue weighted by atomic mass is 9.99. The van der Waals surface area contributed by atoms with E-state index in [2.05, 4.69) is 15.0 Å². The third-order valence-corrected chi connectivity index (χ3v) is 3.30. The van der Waals surface area contributed by atoms with Gasteiger partial charge in [0.1, 0.15) is 11.6 Å². The number of benzene rings is 1. The second kappa shape index (κ2) is 5.40. The van der Waals surface area contributed by atoms with Crippen molar-refractivity contribution in [2.75, 3.05) is 11.5 Å². The quantitative estimate of drug-likeness (QED) is 0.758. The largest absolute Gasteiger partial charge is 0.384 e. The molecule has 0 saturated carbocycles. The number of hydrogen-bond acceptors (Lipinski definition) is 5. The third-order valence-electron chi connectivity index (χ3n) is 3.30. The predicted molar refractivity (Wildman–Crippen MR) is 84.2 cm³/mol. The maximum atomic E-state index is 13.1. The molecule has 5 nitrogen and oxygen atoms in total. The summed E-state index contributed by atoms with van der Waals surface area (Å²) in [5.74, 6) is 0.295. The number of anilines is 2. The third kappa shape index (κ3) is 2.58. The van der Waals surface area contributed by atoms with Gasteiger partial charge in [-0.3, -0.25) is 0 Å². The summed E-state index contributed by atoms with van der Waals surface area (Å²) in [5, 5.41) is 0. The van der Waals surface area contributed by atoms with Crippen LogP contribution in [-0.2, 0) is 0 Å². The monoisotopic (exact) mass is 295 g/mol. The van der Waals surface area contributed by atoms with Crippen LogP contribution in [-0.4, -0.2) is 15.0 Å². The van der Waals surface area contributed by atoms with Crippen molar-refractivity contribution in [3.05, 3.63) is 54.1 Å². The number of aromatic nitrogens is 3. The van der Waals surface area contributed by atoms with Crippen LogP contribution in [0, 0.1) is 12.7 Å². The van der Waals surface area contributed by atoms with E-state index in [0.29, 0.717) is 11.5 Å². The first kappa shape index (κ1) is 13.9. The molecule has 22 heavy (non-hydrogen) atoms. The van der Waals surface area contributed by atoms with Crippen LogP contribution in [0.2, 0.25) is 0 Å². The summed E-state index contributed by atoms with van der Waals surface area (Å²) < 4.78 is 13.1. The Morgan fingerprint density at radius 2 is 1.59 bits per heavy atom. The SMILES string of the molecule is Cc1nc(N)nc(-c2ccc(F)cc2)c1-c1ccc(N)nc1.